The Bertz CT molecular complexity index is 1160. The Morgan fingerprint density at radius 3 is 2.44 bits per heavy atom. The van der Waals surface area contributed by atoms with Gasteiger partial charge in [0.15, 0.2) is 0 Å². The molecule has 5 rings (SSSR count). The lowest BCUT2D eigenvalue weighted by atomic mass is 9.48. The highest BCUT2D eigenvalue weighted by atomic mass is 32.2. The van der Waals surface area contributed by atoms with Crippen molar-refractivity contribution in [2.45, 2.75) is 103 Å². The number of rotatable bonds is 5. The van der Waals surface area contributed by atoms with E-state index < -0.39 is 39.9 Å². The van der Waals surface area contributed by atoms with Crippen molar-refractivity contribution < 1.29 is 35.7 Å². The summed E-state index contributed by atoms with van der Waals surface area (Å²) in [5.74, 6) is -1.50. The molecule has 0 radical (unpaired) electrons. The fourth-order valence-corrected chi connectivity index (χ4v) is 11.4. The number of halogens is 3. The second kappa shape index (κ2) is 9.80. The Labute approximate surface area is 230 Å². The van der Waals surface area contributed by atoms with Gasteiger partial charge in [0.2, 0.25) is 0 Å². The zero-order valence-corrected chi connectivity index (χ0v) is 24.3. The van der Waals surface area contributed by atoms with Crippen LogP contribution in [-0.2, 0) is 19.1 Å². The molecule has 0 aromatic carbocycles. The summed E-state index contributed by atoms with van der Waals surface area (Å²) in [6.45, 7) is 8.15. The molecule has 0 amide bonds. The molecule has 0 saturated heterocycles. The van der Waals surface area contributed by atoms with Crippen LogP contribution in [-0.4, -0.2) is 30.9 Å². The Morgan fingerprint density at radius 2 is 1.79 bits per heavy atom. The van der Waals surface area contributed by atoms with E-state index >= 15 is 0 Å². The maximum Gasteiger partial charge on any atom is 0.391 e. The molecule has 39 heavy (non-hydrogen) atoms. The van der Waals surface area contributed by atoms with Gasteiger partial charge in [-0.15, -0.1) is 0 Å². The summed E-state index contributed by atoms with van der Waals surface area (Å²) in [6.07, 6.45) is 4.86. The Kier molecular flexibility index (Phi) is 7.29. The molecule has 0 spiro atoms. The number of alkyl halides is 3. The van der Waals surface area contributed by atoms with Gasteiger partial charge in [-0.25, -0.2) is 0 Å². The van der Waals surface area contributed by atoms with Crippen molar-refractivity contribution in [2.24, 2.45) is 52.3 Å². The minimum Gasteiger partial charge on any atom is -0.481 e. The molecule has 9 heteroatoms. The number of carboxylic acids is 1. The number of hydrogen-bond acceptors (Lipinski definition) is 4. The number of allylic oxidation sites excluding steroid dienone is 4. The second-order valence-corrected chi connectivity index (χ2v) is 15.6. The van der Waals surface area contributed by atoms with Gasteiger partial charge in [0.25, 0.3) is 0 Å². The van der Waals surface area contributed by atoms with E-state index in [0.29, 0.717) is 29.9 Å². The van der Waals surface area contributed by atoms with Crippen molar-refractivity contribution in [2.75, 3.05) is 0 Å². The molecule has 5 nitrogen and oxygen atoms in total. The van der Waals surface area contributed by atoms with Crippen molar-refractivity contribution in [3.05, 3.63) is 23.5 Å². The van der Waals surface area contributed by atoms with Gasteiger partial charge in [-0.3, -0.25) is 4.79 Å². The molecule has 0 heterocycles. The highest BCUT2D eigenvalue weighted by Gasteiger charge is 2.60. The SMILES string of the molecule is CC(C)C1CCC(C(F)(F)F)CC1S(=O)(=O)OC1=CC2=CC[C@H]3[C@@H]4CC[C@H](C(=O)O)[C@@]4(C)CC[C@@H]3[C@@]2(C)CC1. The molecule has 0 bridgehead atoms. The van der Waals surface area contributed by atoms with Crippen molar-refractivity contribution in [3.63, 3.8) is 0 Å². The van der Waals surface area contributed by atoms with Gasteiger partial charge < -0.3 is 9.29 Å². The highest BCUT2D eigenvalue weighted by molar-refractivity contribution is 7.87. The number of hydrogen-bond donors (Lipinski definition) is 1. The van der Waals surface area contributed by atoms with Crippen LogP contribution in [0.3, 0.4) is 0 Å². The maximum absolute atomic E-state index is 13.5. The highest BCUT2D eigenvalue weighted by Crippen LogP contribution is 2.66. The van der Waals surface area contributed by atoms with E-state index in [2.05, 4.69) is 19.9 Å². The quantitative estimate of drug-likeness (QED) is 0.345. The Balaban J connectivity index is 1.37. The van der Waals surface area contributed by atoms with Gasteiger partial charge in [-0.05, 0) is 110 Å². The summed E-state index contributed by atoms with van der Waals surface area (Å²) in [7, 11) is -4.24. The minimum atomic E-state index is -4.41. The fourth-order valence-electron chi connectivity index (χ4n) is 9.53. The van der Waals surface area contributed by atoms with Gasteiger partial charge in [0.05, 0.1) is 11.8 Å². The summed E-state index contributed by atoms with van der Waals surface area (Å²) in [6, 6.07) is 0. The normalized spacial score (nSPS) is 42.6. The van der Waals surface area contributed by atoms with Crippen LogP contribution in [0, 0.1) is 52.3 Å². The number of aliphatic carboxylic acids is 1. The van der Waals surface area contributed by atoms with Crippen molar-refractivity contribution in [1.29, 1.82) is 0 Å². The molecule has 9 atom stereocenters. The zero-order chi connectivity index (χ0) is 28.5. The summed E-state index contributed by atoms with van der Waals surface area (Å²) < 4.78 is 73.2. The first-order valence-electron chi connectivity index (χ1n) is 14.7. The third kappa shape index (κ3) is 4.86. The molecule has 220 valence electrons. The first-order chi connectivity index (χ1) is 18.1. The van der Waals surface area contributed by atoms with E-state index in [1.54, 1.807) is 0 Å². The van der Waals surface area contributed by atoms with Crippen LogP contribution in [0.5, 0.6) is 0 Å². The van der Waals surface area contributed by atoms with Crippen molar-refractivity contribution in [1.82, 2.24) is 0 Å². The Hall–Kier alpha value is -1.51. The molecule has 3 fully saturated rings. The van der Waals surface area contributed by atoms with Crippen LogP contribution in [0.15, 0.2) is 23.5 Å². The molecule has 0 aliphatic heterocycles. The first kappa shape index (κ1) is 29.0. The zero-order valence-electron chi connectivity index (χ0n) is 23.5. The lowest BCUT2D eigenvalue weighted by Crippen LogP contribution is -2.50. The van der Waals surface area contributed by atoms with Crippen LogP contribution in [0.2, 0.25) is 0 Å². The third-order valence-electron chi connectivity index (χ3n) is 11.8. The van der Waals surface area contributed by atoms with Gasteiger partial charge in [0.1, 0.15) is 11.0 Å². The number of carbonyl (C=O) groups is 1. The maximum atomic E-state index is 13.5. The predicted molar refractivity (Wildman–Crippen MR) is 142 cm³/mol. The minimum absolute atomic E-state index is 0.0396. The van der Waals surface area contributed by atoms with Crippen LogP contribution in [0.4, 0.5) is 13.2 Å². The van der Waals surface area contributed by atoms with Crippen LogP contribution in [0.1, 0.15) is 91.9 Å². The molecule has 5 aliphatic rings. The molecule has 5 aliphatic carbocycles. The van der Waals surface area contributed by atoms with Gasteiger partial charge in [-0.1, -0.05) is 33.8 Å². The van der Waals surface area contributed by atoms with E-state index in [4.69, 9.17) is 4.18 Å². The molecule has 3 unspecified atom stereocenters. The number of fused-ring (bicyclic) bond motifs is 5. The summed E-state index contributed by atoms with van der Waals surface area (Å²) >= 11 is 0. The summed E-state index contributed by atoms with van der Waals surface area (Å²) in [4.78, 5) is 12.0. The molecule has 3 saturated carbocycles. The van der Waals surface area contributed by atoms with Gasteiger partial charge in [-0.2, -0.15) is 21.6 Å². The van der Waals surface area contributed by atoms with Gasteiger partial charge >= 0.3 is 22.3 Å². The predicted octanol–water partition coefficient (Wildman–Crippen LogP) is 7.49. The van der Waals surface area contributed by atoms with Crippen LogP contribution in [0.25, 0.3) is 0 Å². The average molecular weight is 573 g/mol. The smallest absolute Gasteiger partial charge is 0.391 e. The summed E-state index contributed by atoms with van der Waals surface area (Å²) in [5, 5.41) is 8.66. The second-order valence-electron chi connectivity index (χ2n) is 13.9. The first-order valence-corrected chi connectivity index (χ1v) is 16.2. The lowest BCUT2D eigenvalue weighted by Gasteiger charge is -2.56. The molecular formula is C30H43F3O5S. The van der Waals surface area contributed by atoms with Crippen LogP contribution >= 0.6 is 0 Å². The van der Waals surface area contributed by atoms with E-state index in [9.17, 15) is 31.5 Å². The lowest BCUT2D eigenvalue weighted by molar-refractivity contribution is -0.184. The van der Waals surface area contributed by atoms with E-state index in [1.165, 1.54) is 0 Å². The standard InChI is InChI=1S/C30H43F3O5S/c1-17(2)21-7-6-19(30(31,32)33)16-26(21)39(36,37)38-20-11-13-28(3)18(15-20)5-8-22-23-9-10-25(27(34)35)29(23,4)14-12-24(22)28/h5,15,17,19,21-26H,6-14,16H2,1-4H3,(H,34,35)/t19?,21?,22-,23-,24-,25+,26?,28-,29-/m0/s1. The molecule has 0 aromatic rings. The summed E-state index contributed by atoms with van der Waals surface area (Å²) in [5.41, 5.74) is 0.742. The van der Waals surface area contributed by atoms with Gasteiger partial charge in [0, 0.05) is 6.42 Å². The molecule has 0 aromatic heterocycles. The molecule has 1 N–H and O–H groups in total. The van der Waals surface area contributed by atoms with Crippen LogP contribution < -0.4 is 0 Å². The number of carboxylic acid groups (broad SMARTS) is 1. The fraction of sp³-hybridized carbons (Fsp3) is 0.833. The van der Waals surface area contributed by atoms with Crippen molar-refractivity contribution >= 4 is 16.1 Å². The van der Waals surface area contributed by atoms with Crippen molar-refractivity contribution in [3.8, 4) is 0 Å². The van der Waals surface area contributed by atoms with E-state index in [0.717, 1.165) is 44.1 Å². The Morgan fingerprint density at radius 1 is 1.08 bits per heavy atom. The molecular weight excluding hydrogens is 529 g/mol. The van der Waals surface area contributed by atoms with E-state index in [1.807, 2.05) is 19.9 Å². The van der Waals surface area contributed by atoms with E-state index in [-0.39, 0.29) is 41.4 Å². The largest absolute Gasteiger partial charge is 0.481 e. The average Bonchev–Trinajstić information content (AvgIpc) is 3.20. The topological polar surface area (TPSA) is 80.7 Å². The third-order valence-corrected chi connectivity index (χ3v) is 13.5. The monoisotopic (exact) mass is 572 g/mol.